The van der Waals surface area contributed by atoms with Gasteiger partial charge in [0.2, 0.25) is 0 Å². The highest BCUT2D eigenvalue weighted by Gasteiger charge is 2.16. The second-order valence-electron chi connectivity index (χ2n) is 3.52. The molecule has 2 aromatic rings. The summed E-state index contributed by atoms with van der Waals surface area (Å²) in [5.41, 5.74) is 6.64. The maximum Gasteiger partial charge on any atom is 0.278 e. The number of carbonyl (C=O) groups is 1. The summed E-state index contributed by atoms with van der Waals surface area (Å²) in [6, 6.07) is 3.65. The number of rotatable bonds is 3. The van der Waals surface area contributed by atoms with Crippen molar-refractivity contribution >= 4 is 27.9 Å². The van der Waals surface area contributed by atoms with Crippen molar-refractivity contribution < 1.29 is 4.79 Å². The summed E-state index contributed by atoms with van der Waals surface area (Å²) in [6.07, 6.45) is 1.61. The highest BCUT2D eigenvalue weighted by Crippen LogP contribution is 2.23. The van der Waals surface area contributed by atoms with Gasteiger partial charge in [-0.1, -0.05) is 0 Å². The first kappa shape index (κ1) is 12.1. The van der Waals surface area contributed by atoms with Gasteiger partial charge in [0.1, 0.15) is 11.1 Å². The molecule has 0 aliphatic rings. The van der Waals surface area contributed by atoms with Crippen molar-refractivity contribution in [3.63, 3.8) is 0 Å². The molecule has 0 atom stereocenters. The maximum absolute atomic E-state index is 12.0. The average molecular weight is 261 g/mol. The highest BCUT2D eigenvalue weighted by atomic mass is 32.1. The number of nitrogens with two attached hydrogens (primary N) is 1. The zero-order valence-corrected chi connectivity index (χ0v) is 10.5. The number of nitrogens with zero attached hydrogens (tertiary/aromatic N) is 3. The van der Waals surface area contributed by atoms with Crippen molar-refractivity contribution in [1.82, 2.24) is 9.78 Å². The van der Waals surface area contributed by atoms with Crippen molar-refractivity contribution in [2.75, 3.05) is 11.1 Å². The van der Waals surface area contributed by atoms with Gasteiger partial charge in [-0.25, -0.2) is 0 Å². The van der Waals surface area contributed by atoms with Gasteiger partial charge in [0.15, 0.2) is 5.69 Å². The largest absolute Gasteiger partial charge is 0.396 e. The Balaban J connectivity index is 2.22. The van der Waals surface area contributed by atoms with Crippen LogP contribution in [0.3, 0.4) is 0 Å². The number of nitrogen functional groups attached to an aromatic ring is 1. The van der Waals surface area contributed by atoms with Crippen LogP contribution in [0.2, 0.25) is 0 Å². The molecule has 0 aliphatic carbocycles. The van der Waals surface area contributed by atoms with Crippen LogP contribution in [-0.4, -0.2) is 15.7 Å². The standard InChI is InChI=1S/C11H11N5OS/c1-2-16-6-8(13)9(15-16)10(17)14-11-7(5-12)3-4-18-11/h3-4,6H,2,13H2,1H3,(H,14,17). The van der Waals surface area contributed by atoms with E-state index in [-0.39, 0.29) is 5.69 Å². The number of anilines is 2. The first-order chi connectivity index (χ1) is 8.65. The van der Waals surface area contributed by atoms with Gasteiger partial charge in [0.05, 0.1) is 11.3 Å². The molecule has 0 aliphatic heterocycles. The molecule has 1 amide bonds. The molecule has 0 unspecified atom stereocenters. The van der Waals surface area contributed by atoms with Crippen molar-refractivity contribution in [1.29, 1.82) is 5.26 Å². The van der Waals surface area contributed by atoms with Crippen LogP contribution < -0.4 is 11.1 Å². The molecule has 92 valence electrons. The lowest BCUT2D eigenvalue weighted by Gasteiger charge is -2.01. The molecule has 0 saturated carbocycles. The second-order valence-corrected chi connectivity index (χ2v) is 4.43. The van der Waals surface area contributed by atoms with E-state index in [4.69, 9.17) is 11.0 Å². The zero-order valence-electron chi connectivity index (χ0n) is 9.67. The van der Waals surface area contributed by atoms with Crippen LogP contribution in [0.5, 0.6) is 0 Å². The fourth-order valence-corrected chi connectivity index (χ4v) is 2.16. The Kier molecular flexibility index (Phi) is 3.30. The van der Waals surface area contributed by atoms with E-state index in [1.54, 1.807) is 22.3 Å². The van der Waals surface area contributed by atoms with Crippen LogP contribution in [0.1, 0.15) is 23.0 Å². The average Bonchev–Trinajstić information content (AvgIpc) is 2.95. The molecule has 2 aromatic heterocycles. The number of thiophene rings is 1. The Labute approximate surface area is 108 Å². The van der Waals surface area contributed by atoms with Crippen LogP contribution in [0.15, 0.2) is 17.6 Å². The molecule has 2 rings (SSSR count). The smallest absolute Gasteiger partial charge is 0.278 e. The number of nitriles is 1. The van der Waals surface area contributed by atoms with Crippen LogP contribution in [-0.2, 0) is 6.54 Å². The summed E-state index contributed by atoms with van der Waals surface area (Å²) in [4.78, 5) is 12.0. The highest BCUT2D eigenvalue weighted by molar-refractivity contribution is 7.14. The first-order valence-electron chi connectivity index (χ1n) is 5.27. The Bertz CT molecular complexity index is 622. The van der Waals surface area contributed by atoms with Crippen LogP contribution >= 0.6 is 11.3 Å². The Morgan fingerprint density at radius 2 is 2.50 bits per heavy atom. The SMILES string of the molecule is CCn1cc(N)c(C(=O)Nc2sccc2C#N)n1. The summed E-state index contributed by atoms with van der Waals surface area (Å²) < 4.78 is 1.59. The van der Waals surface area contributed by atoms with E-state index in [1.807, 2.05) is 13.0 Å². The number of hydrogen-bond acceptors (Lipinski definition) is 5. The van der Waals surface area contributed by atoms with E-state index in [1.165, 1.54) is 11.3 Å². The van der Waals surface area contributed by atoms with E-state index in [2.05, 4.69) is 10.4 Å². The van der Waals surface area contributed by atoms with E-state index in [0.717, 1.165) is 0 Å². The number of carbonyl (C=O) groups excluding carboxylic acids is 1. The molecule has 0 fully saturated rings. The lowest BCUT2D eigenvalue weighted by Crippen LogP contribution is -2.14. The third kappa shape index (κ3) is 2.19. The third-order valence-electron chi connectivity index (χ3n) is 2.34. The molecule has 3 N–H and O–H groups in total. The molecule has 0 bridgehead atoms. The molecule has 0 spiro atoms. The molecule has 7 heteroatoms. The van der Waals surface area contributed by atoms with E-state index < -0.39 is 5.91 Å². The fourth-order valence-electron chi connectivity index (χ4n) is 1.43. The lowest BCUT2D eigenvalue weighted by atomic mass is 10.3. The minimum absolute atomic E-state index is 0.175. The van der Waals surface area contributed by atoms with Gasteiger partial charge in [-0.2, -0.15) is 10.4 Å². The number of hydrogen-bond donors (Lipinski definition) is 2. The Morgan fingerprint density at radius 3 is 3.11 bits per heavy atom. The quantitative estimate of drug-likeness (QED) is 0.878. The van der Waals surface area contributed by atoms with Gasteiger partial charge in [-0.05, 0) is 18.4 Å². The maximum atomic E-state index is 12.0. The summed E-state index contributed by atoms with van der Waals surface area (Å²) in [5.74, 6) is -0.404. The van der Waals surface area contributed by atoms with Gasteiger partial charge >= 0.3 is 0 Å². The number of aryl methyl sites for hydroxylation is 1. The molecule has 18 heavy (non-hydrogen) atoms. The predicted octanol–water partition coefficient (Wildman–Crippen LogP) is 1.67. The number of nitrogens with one attached hydrogen (secondary N) is 1. The third-order valence-corrected chi connectivity index (χ3v) is 3.17. The molecule has 2 heterocycles. The lowest BCUT2D eigenvalue weighted by molar-refractivity contribution is 0.102. The monoisotopic (exact) mass is 261 g/mol. The van der Waals surface area contributed by atoms with Crippen LogP contribution in [0.25, 0.3) is 0 Å². The summed E-state index contributed by atoms with van der Waals surface area (Å²) in [7, 11) is 0. The predicted molar refractivity (Wildman–Crippen MR) is 69.3 cm³/mol. The van der Waals surface area contributed by atoms with Crippen LogP contribution in [0.4, 0.5) is 10.7 Å². The van der Waals surface area contributed by atoms with E-state index in [0.29, 0.717) is 22.8 Å². The van der Waals surface area contributed by atoms with Crippen molar-refractivity contribution in [2.45, 2.75) is 13.5 Å². The van der Waals surface area contributed by atoms with E-state index >= 15 is 0 Å². The summed E-state index contributed by atoms with van der Waals surface area (Å²) in [6.45, 7) is 2.54. The van der Waals surface area contributed by atoms with Gasteiger partial charge in [0, 0.05) is 12.7 Å². The Morgan fingerprint density at radius 1 is 1.72 bits per heavy atom. The minimum atomic E-state index is -0.404. The van der Waals surface area contributed by atoms with Crippen molar-refractivity contribution in [2.24, 2.45) is 0 Å². The van der Waals surface area contributed by atoms with Gasteiger partial charge in [0.25, 0.3) is 5.91 Å². The van der Waals surface area contributed by atoms with Crippen molar-refractivity contribution in [3.05, 3.63) is 28.9 Å². The summed E-state index contributed by atoms with van der Waals surface area (Å²) in [5, 5.41) is 17.8. The number of aromatic nitrogens is 2. The molecule has 0 saturated heterocycles. The first-order valence-corrected chi connectivity index (χ1v) is 6.15. The van der Waals surface area contributed by atoms with Crippen LogP contribution in [0, 0.1) is 11.3 Å². The van der Waals surface area contributed by atoms with Gasteiger partial charge in [-0.3, -0.25) is 9.48 Å². The normalized spacial score (nSPS) is 10.0. The van der Waals surface area contributed by atoms with Crippen molar-refractivity contribution in [3.8, 4) is 6.07 Å². The molecule has 0 aromatic carbocycles. The second kappa shape index (κ2) is 4.89. The zero-order chi connectivity index (χ0) is 13.1. The molecular weight excluding hydrogens is 250 g/mol. The molecule has 6 nitrogen and oxygen atoms in total. The minimum Gasteiger partial charge on any atom is -0.396 e. The topological polar surface area (TPSA) is 96.7 Å². The molecule has 0 radical (unpaired) electrons. The van der Waals surface area contributed by atoms with Gasteiger partial charge in [-0.15, -0.1) is 11.3 Å². The summed E-state index contributed by atoms with van der Waals surface area (Å²) >= 11 is 1.29. The van der Waals surface area contributed by atoms with E-state index in [9.17, 15) is 4.79 Å². The Hall–Kier alpha value is -2.33. The fraction of sp³-hybridized carbons (Fsp3) is 0.182. The van der Waals surface area contributed by atoms with Gasteiger partial charge < -0.3 is 11.1 Å². The number of amides is 1. The molecular formula is C11H11N5OS.